The first-order valence-electron chi connectivity index (χ1n) is 5.46. The molecule has 0 aliphatic carbocycles. The van der Waals surface area contributed by atoms with Gasteiger partial charge in [-0.15, -0.1) is 11.8 Å². The molecule has 15 heavy (non-hydrogen) atoms. The van der Waals surface area contributed by atoms with Gasteiger partial charge in [0.2, 0.25) is 5.91 Å². The van der Waals surface area contributed by atoms with E-state index < -0.39 is 5.54 Å². The number of amides is 1. The fourth-order valence-corrected chi connectivity index (χ4v) is 2.69. The van der Waals surface area contributed by atoms with Gasteiger partial charge in [0.15, 0.2) is 0 Å². The molecule has 0 aromatic rings. The molecule has 1 amide bonds. The smallest absolute Gasteiger partial charge is 0.234 e. The van der Waals surface area contributed by atoms with Gasteiger partial charge in [0.05, 0.1) is 11.3 Å². The van der Waals surface area contributed by atoms with E-state index in [4.69, 9.17) is 5.26 Å². The van der Waals surface area contributed by atoms with E-state index in [2.05, 4.69) is 11.4 Å². The third-order valence-corrected chi connectivity index (χ3v) is 4.20. The SMILES string of the molecule is CCC(C)(C#N)NC(=O)C1CCCCS1. The van der Waals surface area contributed by atoms with E-state index in [1.807, 2.05) is 6.92 Å². The Bertz CT molecular complexity index is 268. The average Bonchev–Trinajstić information content (AvgIpc) is 2.30. The average molecular weight is 226 g/mol. The summed E-state index contributed by atoms with van der Waals surface area (Å²) in [4.78, 5) is 11.8. The van der Waals surface area contributed by atoms with Crippen LogP contribution >= 0.6 is 11.8 Å². The topological polar surface area (TPSA) is 52.9 Å². The lowest BCUT2D eigenvalue weighted by molar-refractivity contribution is -0.122. The van der Waals surface area contributed by atoms with Crippen LogP contribution in [0.15, 0.2) is 0 Å². The summed E-state index contributed by atoms with van der Waals surface area (Å²) in [6.07, 6.45) is 3.92. The van der Waals surface area contributed by atoms with Gasteiger partial charge in [-0.25, -0.2) is 0 Å². The maximum atomic E-state index is 11.8. The molecule has 0 spiro atoms. The Labute approximate surface area is 95.6 Å². The van der Waals surface area contributed by atoms with Crippen LogP contribution in [0, 0.1) is 11.3 Å². The first-order chi connectivity index (χ1) is 7.11. The van der Waals surface area contributed by atoms with E-state index in [1.165, 1.54) is 6.42 Å². The summed E-state index contributed by atoms with van der Waals surface area (Å²) in [5, 5.41) is 11.9. The Morgan fingerprint density at radius 2 is 2.40 bits per heavy atom. The third-order valence-electron chi connectivity index (χ3n) is 2.83. The lowest BCUT2D eigenvalue weighted by Gasteiger charge is -2.26. The summed E-state index contributed by atoms with van der Waals surface area (Å²) >= 11 is 1.71. The molecule has 1 aliphatic rings. The highest BCUT2D eigenvalue weighted by molar-refractivity contribution is 8.00. The molecule has 1 aliphatic heterocycles. The quantitative estimate of drug-likeness (QED) is 0.801. The molecule has 0 bridgehead atoms. The van der Waals surface area contributed by atoms with Crippen molar-refractivity contribution >= 4 is 17.7 Å². The molecule has 0 aromatic heterocycles. The third kappa shape index (κ3) is 3.42. The molecule has 3 nitrogen and oxygen atoms in total. The number of nitriles is 1. The van der Waals surface area contributed by atoms with E-state index in [-0.39, 0.29) is 11.2 Å². The molecule has 0 aromatic carbocycles. The first kappa shape index (κ1) is 12.4. The molecule has 0 radical (unpaired) electrons. The predicted octanol–water partition coefficient (Wildman–Crippen LogP) is 2.08. The molecule has 84 valence electrons. The van der Waals surface area contributed by atoms with Gasteiger partial charge >= 0.3 is 0 Å². The van der Waals surface area contributed by atoms with Gasteiger partial charge < -0.3 is 5.32 Å². The standard InChI is InChI=1S/C11H18N2OS/c1-3-11(2,8-12)13-10(14)9-6-4-5-7-15-9/h9H,3-7H2,1-2H3,(H,13,14). The maximum absolute atomic E-state index is 11.8. The van der Waals surface area contributed by atoms with E-state index >= 15 is 0 Å². The van der Waals surface area contributed by atoms with Gasteiger partial charge in [-0.2, -0.15) is 5.26 Å². The zero-order chi connectivity index (χ0) is 11.3. The van der Waals surface area contributed by atoms with Crippen LogP contribution in [-0.4, -0.2) is 22.4 Å². The molecule has 2 unspecified atom stereocenters. The second kappa shape index (κ2) is 5.41. The molecular formula is C11H18N2OS. The van der Waals surface area contributed by atoms with Crippen LogP contribution in [0.3, 0.4) is 0 Å². The largest absolute Gasteiger partial charge is 0.337 e. The molecule has 0 saturated carbocycles. The summed E-state index contributed by atoms with van der Waals surface area (Å²) in [5.41, 5.74) is -0.699. The van der Waals surface area contributed by atoms with Crippen molar-refractivity contribution < 1.29 is 4.79 Å². The van der Waals surface area contributed by atoms with Crippen molar-refractivity contribution in [3.63, 3.8) is 0 Å². The predicted molar refractivity (Wildman–Crippen MR) is 62.5 cm³/mol. The number of nitrogens with zero attached hydrogens (tertiary/aromatic N) is 1. The minimum atomic E-state index is -0.699. The van der Waals surface area contributed by atoms with Crippen molar-refractivity contribution in [2.45, 2.75) is 50.3 Å². The van der Waals surface area contributed by atoms with Crippen LogP contribution in [-0.2, 0) is 4.79 Å². The van der Waals surface area contributed by atoms with E-state index in [0.717, 1.165) is 18.6 Å². The summed E-state index contributed by atoms with van der Waals surface area (Å²) in [6, 6.07) is 2.16. The summed E-state index contributed by atoms with van der Waals surface area (Å²) in [6.45, 7) is 3.69. The van der Waals surface area contributed by atoms with E-state index in [9.17, 15) is 4.79 Å². The van der Waals surface area contributed by atoms with Gasteiger partial charge in [-0.05, 0) is 31.9 Å². The van der Waals surface area contributed by atoms with Gasteiger partial charge in [-0.1, -0.05) is 13.3 Å². The number of carbonyl (C=O) groups is 1. The Balaban J connectivity index is 2.50. The van der Waals surface area contributed by atoms with Crippen LogP contribution in [0.25, 0.3) is 0 Å². The van der Waals surface area contributed by atoms with Crippen molar-refractivity contribution in [1.29, 1.82) is 5.26 Å². The fraction of sp³-hybridized carbons (Fsp3) is 0.818. The highest BCUT2D eigenvalue weighted by Gasteiger charge is 2.29. The van der Waals surface area contributed by atoms with Gasteiger partial charge in [0, 0.05) is 0 Å². The van der Waals surface area contributed by atoms with Crippen LogP contribution in [0.1, 0.15) is 39.5 Å². The number of carbonyl (C=O) groups excluding carboxylic acids is 1. The summed E-state index contributed by atoms with van der Waals surface area (Å²) in [7, 11) is 0. The lowest BCUT2D eigenvalue weighted by Crippen LogP contribution is -2.48. The highest BCUT2D eigenvalue weighted by atomic mass is 32.2. The van der Waals surface area contributed by atoms with Crippen molar-refractivity contribution in [2.24, 2.45) is 0 Å². The molecular weight excluding hydrogens is 208 g/mol. The first-order valence-corrected chi connectivity index (χ1v) is 6.51. The Morgan fingerprint density at radius 1 is 1.67 bits per heavy atom. The number of nitrogens with one attached hydrogen (secondary N) is 1. The molecule has 1 fully saturated rings. The van der Waals surface area contributed by atoms with Crippen molar-refractivity contribution in [3.05, 3.63) is 0 Å². The van der Waals surface area contributed by atoms with Crippen molar-refractivity contribution in [1.82, 2.24) is 5.32 Å². The zero-order valence-corrected chi connectivity index (χ0v) is 10.2. The molecule has 1 heterocycles. The molecule has 2 atom stereocenters. The van der Waals surface area contributed by atoms with Crippen LogP contribution in [0.4, 0.5) is 0 Å². The van der Waals surface area contributed by atoms with Crippen molar-refractivity contribution in [2.75, 3.05) is 5.75 Å². The second-order valence-corrected chi connectivity index (χ2v) is 5.45. The Morgan fingerprint density at radius 3 is 2.87 bits per heavy atom. The normalized spacial score (nSPS) is 25.0. The van der Waals surface area contributed by atoms with Gasteiger partial charge in [0.1, 0.15) is 5.54 Å². The van der Waals surface area contributed by atoms with E-state index in [1.54, 1.807) is 18.7 Å². The van der Waals surface area contributed by atoms with Crippen LogP contribution < -0.4 is 5.32 Å². The lowest BCUT2D eigenvalue weighted by atomic mass is 10.0. The number of rotatable bonds is 3. The number of hydrogen-bond donors (Lipinski definition) is 1. The zero-order valence-electron chi connectivity index (χ0n) is 9.38. The molecule has 1 saturated heterocycles. The fourth-order valence-electron chi connectivity index (χ4n) is 1.50. The van der Waals surface area contributed by atoms with Gasteiger partial charge in [-0.3, -0.25) is 4.79 Å². The van der Waals surface area contributed by atoms with E-state index in [0.29, 0.717) is 6.42 Å². The summed E-state index contributed by atoms with van der Waals surface area (Å²) < 4.78 is 0. The molecule has 1 N–H and O–H groups in total. The maximum Gasteiger partial charge on any atom is 0.234 e. The minimum absolute atomic E-state index is 0.0330. The monoisotopic (exact) mass is 226 g/mol. The number of hydrogen-bond acceptors (Lipinski definition) is 3. The summed E-state index contributed by atoms with van der Waals surface area (Å²) in [5.74, 6) is 1.10. The van der Waals surface area contributed by atoms with Crippen LogP contribution in [0.2, 0.25) is 0 Å². The Hall–Kier alpha value is -0.690. The van der Waals surface area contributed by atoms with Gasteiger partial charge in [0.25, 0.3) is 0 Å². The molecule has 1 rings (SSSR count). The Kier molecular flexibility index (Phi) is 4.46. The van der Waals surface area contributed by atoms with Crippen LogP contribution in [0.5, 0.6) is 0 Å². The second-order valence-electron chi connectivity index (χ2n) is 4.14. The minimum Gasteiger partial charge on any atom is -0.337 e. The van der Waals surface area contributed by atoms with Crippen molar-refractivity contribution in [3.8, 4) is 6.07 Å². The number of thioether (sulfide) groups is 1. The highest BCUT2D eigenvalue weighted by Crippen LogP contribution is 2.25. The molecule has 4 heteroatoms.